The predicted octanol–water partition coefficient (Wildman–Crippen LogP) is 2.48. The molecule has 7 heteroatoms. The van der Waals surface area contributed by atoms with Crippen molar-refractivity contribution in [3.63, 3.8) is 0 Å². The Balaban J connectivity index is 1.64. The van der Waals surface area contributed by atoms with Gasteiger partial charge in [0, 0.05) is 31.7 Å². The fraction of sp³-hybridized carbons (Fsp3) is 0.278. The lowest BCUT2D eigenvalue weighted by Crippen LogP contribution is -2.47. The molecule has 2 aromatic rings. The number of piperazine rings is 1. The van der Waals surface area contributed by atoms with Gasteiger partial charge in [0.05, 0.1) is 15.6 Å². The first-order chi connectivity index (χ1) is 12.0. The van der Waals surface area contributed by atoms with Gasteiger partial charge in [-0.25, -0.2) is 4.98 Å². The van der Waals surface area contributed by atoms with Crippen LogP contribution in [0.1, 0.15) is 21.7 Å². The van der Waals surface area contributed by atoms with Crippen LogP contribution in [0.5, 0.6) is 0 Å². The number of halogens is 1. The molecule has 2 N–H and O–H groups in total. The van der Waals surface area contributed by atoms with E-state index in [9.17, 15) is 4.79 Å². The molecule has 3 rings (SSSR count). The number of carbonyl (C=O) groups excluding carboxylic acids is 1. The topological polar surface area (TPSA) is 76.1 Å². The third-order valence-electron chi connectivity index (χ3n) is 4.21. The fourth-order valence-corrected chi connectivity index (χ4v) is 3.06. The summed E-state index contributed by atoms with van der Waals surface area (Å²) in [4.78, 5) is 23.9. The highest BCUT2D eigenvalue weighted by molar-refractivity contribution is 14.1. The van der Waals surface area contributed by atoms with Crippen molar-refractivity contribution in [3.8, 4) is 0 Å². The molecule has 1 amide bonds. The molecule has 0 radical (unpaired) electrons. The van der Waals surface area contributed by atoms with Crippen molar-refractivity contribution in [2.75, 3.05) is 33.2 Å². The van der Waals surface area contributed by atoms with Crippen LogP contribution >= 0.6 is 22.6 Å². The number of aromatic amines is 1. The third kappa shape index (κ3) is 4.55. The van der Waals surface area contributed by atoms with Crippen molar-refractivity contribution in [2.45, 2.75) is 0 Å². The number of carbonyl (C=O) groups is 1. The number of aromatic nitrogens is 2. The normalized spacial score (nSPS) is 15.7. The molecule has 0 unspecified atom stereocenters. The van der Waals surface area contributed by atoms with E-state index < -0.39 is 0 Å². The zero-order chi connectivity index (χ0) is 17.8. The predicted molar refractivity (Wildman–Crippen MR) is 107 cm³/mol. The van der Waals surface area contributed by atoms with E-state index in [0.717, 1.165) is 41.3 Å². The van der Waals surface area contributed by atoms with Gasteiger partial charge in [0.2, 0.25) is 0 Å². The Kier molecular flexibility index (Phi) is 5.64. The second kappa shape index (κ2) is 7.92. The summed E-state index contributed by atoms with van der Waals surface area (Å²) in [5, 5.41) is 8.15. The first-order valence-electron chi connectivity index (χ1n) is 8.08. The van der Waals surface area contributed by atoms with Gasteiger partial charge in [0.15, 0.2) is 0 Å². The number of hydrogen-bond donors (Lipinski definition) is 2. The van der Waals surface area contributed by atoms with Crippen molar-refractivity contribution in [2.24, 2.45) is 0 Å². The highest BCUT2D eigenvalue weighted by Gasteiger charge is 2.20. The molecule has 2 heterocycles. The number of nitrogens with zero attached hydrogens (tertiary/aromatic N) is 3. The van der Waals surface area contributed by atoms with E-state index >= 15 is 0 Å². The summed E-state index contributed by atoms with van der Waals surface area (Å²) < 4.78 is 0.954. The van der Waals surface area contributed by atoms with E-state index in [-0.39, 0.29) is 5.91 Å². The highest BCUT2D eigenvalue weighted by Crippen LogP contribution is 2.11. The van der Waals surface area contributed by atoms with Crippen LogP contribution < -0.4 is 0 Å². The van der Waals surface area contributed by atoms with Gasteiger partial charge < -0.3 is 20.2 Å². The van der Waals surface area contributed by atoms with Gasteiger partial charge >= 0.3 is 0 Å². The fourth-order valence-electron chi connectivity index (χ4n) is 2.64. The summed E-state index contributed by atoms with van der Waals surface area (Å²) in [5.41, 5.74) is 1.82. The van der Waals surface area contributed by atoms with Crippen LogP contribution in [0.4, 0.5) is 0 Å². The Morgan fingerprint density at radius 2 is 1.84 bits per heavy atom. The van der Waals surface area contributed by atoms with Gasteiger partial charge in [-0.05, 0) is 59.5 Å². The second-order valence-electron chi connectivity index (χ2n) is 6.04. The van der Waals surface area contributed by atoms with Crippen molar-refractivity contribution in [1.29, 1.82) is 5.41 Å². The minimum absolute atomic E-state index is 0.0619. The van der Waals surface area contributed by atoms with Gasteiger partial charge in [-0.2, -0.15) is 0 Å². The molecule has 1 aliphatic rings. The molecular weight excluding hydrogens is 429 g/mol. The van der Waals surface area contributed by atoms with Crippen molar-refractivity contribution >= 4 is 40.3 Å². The number of H-pyrrole nitrogens is 1. The smallest absolute Gasteiger partial charge is 0.253 e. The second-order valence-corrected chi connectivity index (χ2v) is 7.20. The van der Waals surface area contributed by atoms with Crippen molar-refractivity contribution in [3.05, 3.63) is 57.2 Å². The number of benzene rings is 1. The average molecular weight is 449 g/mol. The molecular formula is C18H20IN5O. The molecule has 1 saturated heterocycles. The van der Waals surface area contributed by atoms with Gasteiger partial charge in [0.25, 0.3) is 5.91 Å². The number of likely N-dealkylation sites (N-methyl/N-ethyl adjacent to an activating group) is 1. The van der Waals surface area contributed by atoms with Gasteiger partial charge in [-0.1, -0.05) is 12.1 Å². The minimum Gasteiger partial charge on any atom is -0.336 e. The maximum Gasteiger partial charge on any atom is 0.253 e. The maximum atomic E-state index is 12.5. The first-order valence-corrected chi connectivity index (χ1v) is 9.16. The van der Waals surface area contributed by atoms with E-state index in [0.29, 0.717) is 11.3 Å². The lowest BCUT2D eigenvalue weighted by molar-refractivity contribution is 0.0664. The SMILES string of the molecule is CN1CCN(C(=O)c2ccc(C(=N)/C=C\c3ncc(I)[nH]3)cc2)CC1. The number of amides is 1. The van der Waals surface area contributed by atoms with Crippen LogP contribution in [-0.4, -0.2) is 64.6 Å². The van der Waals surface area contributed by atoms with Crippen LogP contribution in [0.2, 0.25) is 0 Å². The monoisotopic (exact) mass is 449 g/mol. The molecule has 1 aromatic carbocycles. The molecule has 1 aliphatic heterocycles. The molecule has 6 nitrogen and oxygen atoms in total. The lowest BCUT2D eigenvalue weighted by atomic mass is 10.1. The van der Waals surface area contributed by atoms with Crippen molar-refractivity contribution < 1.29 is 4.79 Å². The molecule has 0 spiro atoms. The van der Waals surface area contributed by atoms with Gasteiger partial charge in [-0.3, -0.25) is 4.79 Å². The van der Waals surface area contributed by atoms with Crippen LogP contribution in [0, 0.1) is 9.11 Å². The maximum absolute atomic E-state index is 12.5. The summed E-state index contributed by atoms with van der Waals surface area (Å²) in [6.45, 7) is 3.34. The third-order valence-corrected chi connectivity index (χ3v) is 4.75. The number of nitrogens with one attached hydrogen (secondary N) is 2. The Morgan fingerprint density at radius 3 is 2.44 bits per heavy atom. The average Bonchev–Trinajstić information content (AvgIpc) is 3.05. The molecule has 1 fully saturated rings. The standard InChI is InChI=1S/C18H20IN5O/c1-23-8-10-24(11-9-23)18(25)14-4-2-13(3-5-14)15(20)6-7-17-21-12-16(19)22-17/h2-7,12,20H,8-11H2,1H3,(H,21,22)/b7-6-,20-15?. The van der Waals surface area contributed by atoms with E-state index in [4.69, 9.17) is 5.41 Å². The van der Waals surface area contributed by atoms with Crippen LogP contribution in [0.3, 0.4) is 0 Å². The van der Waals surface area contributed by atoms with Crippen LogP contribution in [-0.2, 0) is 0 Å². The highest BCUT2D eigenvalue weighted by atomic mass is 127. The molecule has 0 bridgehead atoms. The summed E-state index contributed by atoms with van der Waals surface area (Å²) in [7, 11) is 2.07. The number of rotatable bonds is 4. The zero-order valence-electron chi connectivity index (χ0n) is 14.0. The quantitative estimate of drug-likeness (QED) is 0.557. The number of allylic oxidation sites excluding steroid dienone is 1. The summed E-state index contributed by atoms with van der Waals surface area (Å²) in [5.74, 6) is 0.780. The Labute approximate surface area is 160 Å². The van der Waals surface area contributed by atoms with E-state index in [1.807, 2.05) is 17.0 Å². The number of hydrogen-bond acceptors (Lipinski definition) is 4. The Bertz CT molecular complexity index is 788. The van der Waals surface area contributed by atoms with Crippen LogP contribution in [0.25, 0.3) is 6.08 Å². The Morgan fingerprint density at radius 1 is 1.20 bits per heavy atom. The van der Waals surface area contributed by atoms with E-state index in [1.165, 1.54) is 0 Å². The Hall–Kier alpha value is -2.00. The lowest BCUT2D eigenvalue weighted by Gasteiger charge is -2.32. The van der Waals surface area contributed by atoms with E-state index in [2.05, 4.69) is 44.5 Å². The van der Waals surface area contributed by atoms with Gasteiger partial charge in [-0.15, -0.1) is 0 Å². The summed E-state index contributed by atoms with van der Waals surface area (Å²) in [6, 6.07) is 7.24. The van der Waals surface area contributed by atoms with Gasteiger partial charge in [0.1, 0.15) is 5.82 Å². The molecule has 1 aromatic heterocycles. The molecule has 130 valence electrons. The number of imidazole rings is 1. The molecule has 0 saturated carbocycles. The molecule has 25 heavy (non-hydrogen) atoms. The zero-order valence-corrected chi connectivity index (χ0v) is 16.2. The van der Waals surface area contributed by atoms with E-state index in [1.54, 1.807) is 30.5 Å². The summed E-state index contributed by atoms with van der Waals surface area (Å²) in [6.07, 6.45) is 5.21. The molecule has 0 atom stereocenters. The van der Waals surface area contributed by atoms with Crippen molar-refractivity contribution in [1.82, 2.24) is 19.8 Å². The first kappa shape index (κ1) is 17.8. The van der Waals surface area contributed by atoms with Crippen LogP contribution in [0.15, 0.2) is 36.5 Å². The minimum atomic E-state index is 0.0619. The largest absolute Gasteiger partial charge is 0.336 e. The summed E-state index contributed by atoms with van der Waals surface area (Å²) >= 11 is 2.15. The molecule has 0 aliphatic carbocycles.